The topological polar surface area (TPSA) is 46.5 Å². The molecule has 3 nitrogen and oxygen atoms in total. The van der Waals surface area contributed by atoms with E-state index in [0.717, 1.165) is 0 Å². The number of phenolic OH excluding ortho intramolecular Hbond substituents is 1. The Morgan fingerprint density at radius 1 is 1.26 bits per heavy atom. The van der Waals surface area contributed by atoms with E-state index in [-0.39, 0.29) is 29.7 Å². The molecule has 0 atom stereocenters. The van der Waals surface area contributed by atoms with Gasteiger partial charge in [-0.25, -0.2) is 4.39 Å². The molecule has 2 rings (SSSR count). The number of hydrogen-bond donors (Lipinski definition) is 1. The van der Waals surface area contributed by atoms with Crippen LogP contribution in [0.5, 0.6) is 11.5 Å². The highest BCUT2D eigenvalue weighted by molar-refractivity contribution is 5.94. The van der Waals surface area contributed by atoms with Crippen molar-refractivity contribution in [3.63, 3.8) is 0 Å². The highest BCUT2D eigenvalue weighted by Gasteiger charge is 2.08. The first kappa shape index (κ1) is 13.1. The third kappa shape index (κ3) is 3.10. The fourth-order valence-corrected chi connectivity index (χ4v) is 1.63. The molecular formula is C15H13FO3. The second kappa shape index (κ2) is 5.52. The first-order valence-corrected chi connectivity index (χ1v) is 5.78. The second-order valence-electron chi connectivity index (χ2n) is 4.12. The molecule has 0 saturated heterocycles. The van der Waals surface area contributed by atoms with Crippen molar-refractivity contribution < 1.29 is 19.0 Å². The summed E-state index contributed by atoms with van der Waals surface area (Å²) in [6.45, 7) is 1.42. The molecule has 0 amide bonds. The van der Waals surface area contributed by atoms with Crippen molar-refractivity contribution in [1.29, 1.82) is 0 Å². The normalized spacial score (nSPS) is 10.2. The Hall–Kier alpha value is -2.36. The number of Topliss-reactive ketones (excluding diaryl/α,β-unsaturated/α-hetero) is 1. The van der Waals surface area contributed by atoms with Crippen LogP contribution in [0.3, 0.4) is 0 Å². The van der Waals surface area contributed by atoms with Gasteiger partial charge in [0.2, 0.25) is 0 Å². The predicted molar refractivity (Wildman–Crippen MR) is 68.8 cm³/mol. The largest absolute Gasteiger partial charge is 0.504 e. The lowest BCUT2D eigenvalue weighted by Crippen LogP contribution is -1.99. The number of carbonyl (C=O) groups excluding carboxylic acids is 1. The van der Waals surface area contributed by atoms with E-state index in [0.29, 0.717) is 11.1 Å². The molecule has 0 unspecified atom stereocenters. The van der Waals surface area contributed by atoms with Gasteiger partial charge in [-0.15, -0.1) is 0 Å². The summed E-state index contributed by atoms with van der Waals surface area (Å²) in [5.74, 6) is -0.421. The Morgan fingerprint density at radius 2 is 2.00 bits per heavy atom. The lowest BCUT2D eigenvalue weighted by Gasteiger charge is -2.09. The van der Waals surface area contributed by atoms with Crippen LogP contribution in [0.15, 0.2) is 42.5 Å². The van der Waals surface area contributed by atoms with Crippen molar-refractivity contribution >= 4 is 5.78 Å². The number of benzene rings is 2. The number of phenols is 1. The molecule has 0 aliphatic rings. The molecule has 0 fully saturated rings. The second-order valence-corrected chi connectivity index (χ2v) is 4.12. The van der Waals surface area contributed by atoms with Crippen LogP contribution in [-0.2, 0) is 6.61 Å². The number of hydrogen-bond acceptors (Lipinski definition) is 3. The van der Waals surface area contributed by atoms with Crippen LogP contribution >= 0.6 is 0 Å². The molecule has 2 aromatic carbocycles. The van der Waals surface area contributed by atoms with Crippen LogP contribution in [0.4, 0.5) is 4.39 Å². The monoisotopic (exact) mass is 260 g/mol. The summed E-state index contributed by atoms with van der Waals surface area (Å²) < 4.78 is 18.7. The molecule has 98 valence electrons. The molecule has 0 radical (unpaired) electrons. The SMILES string of the molecule is CC(=O)c1ccc(OCc2ccccc2F)c(O)c1. The lowest BCUT2D eigenvalue weighted by atomic mass is 10.1. The molecule has 19 heavy (non-hydrogen) atoms. The Kier molecular flexibility index (Phi) is 3.80. The number of ether oxygens (including phenoxy) is 1. The average molecular weight is 260 g/mol. The minimum Gasteiger partial charge on any atom is -0.504 e. The third-order valence-corrected chi connectivity index (χ3v) is 2.71. The van der Waals surface area contributed by atoms with E-state index in [1.54, 1.807) is 24.3 Å². The molecule has 0 spiro atoms. The Bertz CT molecular complexity index is 608. The van der Waals surface area contributed by atoms with Crippen LogP contribution in [0.25, 0.3) is 0 Å². The number of carbonyl (C=O) groups is 1. The summed E-state index contributed by atoms with van der Waals surface area (Å²) in [5, 5.41) is 9.72. The summed E-state index contributed by atoms with van der Waals surface area (Å²) >= 11 is 0. The maximum Gasteiger partial charge on any atom is 0.161 e. The van der Waals surface area contributed by atoms with Gasteiger partial charge in [-0.1, -0.05) is 18.2 Å². The molecule has 0 aliphatic heterocycles. The van der Waals surface area contributed by atoms with Crippen molar-refractivity contribution in [3.8, 4) is 11.5 Å². The first-order valence-electron chi connectivity index (χ1n) is 5.78. The summed E-state index contributed by atoms with van der Waals surface area (Å²) in [6, 6.07) is 10.6. The van der Waals surface area contributed by atoms with Gasteiger partial charge in [0, 0.05) is 11.1 Å². The zero-order chi connectivity index (χ0) is 13.8. The fourth-order valence-electron chi connectivity index (χ4n) is 1.63. The van der Waals surface area contributed by atoms with Crippen LogP contribution in [0, 0.1) is 5.82 Å². The number of aromatic hydroxyl groups is 1. The number of ketones is 1. The van der Waals surface area contributed by atoms with Crippen molar-refractivity contribution in [1.82, 2.24) is 0 Å². The van der Waals surface area contributed by atoms with E-state index < -0.39 is 0 Å². The van der Waals surface area contributed by atoms with Gasteiger partial charge < -0.3 is 9.84 Å². The van der Waals surface area contributed by atoms with Crippen molar-refractivity contribution in [2.75, 3.05) is 0 Å². The van der Waals surface area contributed by atoms with E-state index >= 15 is 0 Å². The molecule has 0 aliphatic carbocycles. The van der Waals surface area contributed by atoms with Gasteiger partial charge in [-0.05, 0) is 31.2 Å². The maximum atomic E-state index is 13.4. The van der Waals surface area contributed by atoms with Gasteiger partial charge in [0.25, 0.3) is 0 Å². The highest BCUT2D eigenvalue weighted by atomic mass is 19.1. The van der Waals surface area contributed by atoms with Gasteiger partial charge in [-0.3, -0.25) is 4.79 Å². The van der Waals surface area contributed by atoms with E-state index in [1.165, 1.54) is 25.1 Å². The maximum absolute atomic E-state index is 13.4. The molecule has 0 aromatic heterocycles. The van der Waals surface area contributed by atoms with Crippen molar-refractivity contribution in [2.45, 2.75) is 13.5 Å². The summed E-state index contributed by atoms with van der Waals surface area (Å²) in [4.78, 5) is 11.1. The van der Waals surface area contributed by atoms with E-state index in [9.17, 15) is 14.3 Å². The van der Waals surface area contributed by atoms with E-state index in [2.05, 4.69) is 0 Å². The molecule has 0 heterocycles. The molecule has 0 bridgehead atoms. The minimum atomic E-state index is -0.359. The van der Waals surface area contributed by atoms with Crippen molar-refractivity contribution in [2.24, 2.45) is 0 Å². The molecule has 4 heteroatoms. The van der Waals surface area contributed by atoms with E-state index in [1.807, 2.05) is 0 Å². The van der Waals surface area contributed by atoms with Gasteiger partial charge in [0.15, 0.2) is 17.3 Å². The van der Waals surface area contributed by atoms with Crippen molar-refractivity contribution in [3.05, 3.63) is 59.4 Å². The van der Waals surface area contributed by atoms with Gasteiger partial charge in [0.1, 0.15) is 12.4 Å². The summed E-state index contributed by atoms with van der Waals surface area (Å²) in [5.41, 5.74) is 0.799. The Balaban J connectivity index is 2.12. The smallest absolute Gasteiger partial charge is 0.161 e. The zero-order valence-corrected chi connectivity index (χ0v) is 10.4. The summed E-state index contributed by atoms with van der Waals surface area (Å²) in [7, 11) is 0. The van der Waals surface area contributed by atoms with Gasteiger partial charge >= 0.3 is 0 Å². The lowest BCUT2D eigenvalue weighted by molar-refractivity contribution is 0.101. The number of rotatable bonds is 4. The summed E-state index contributed by atoms with van der Waals surface area (Å²) in [6.07, 6.45) is 0. The average Bonchev–Trinajstić information content (AvgIpc) is 2.39. The fraction of sp³-hybridized carbons (Fsp3) is 0.133. The van der Waals surface area contributed by atoms with Gasteiger partial charge in [0.05, 0.1) is 0 Å². The Morgan fingerprint density at radius 3 is 2.63 bits per heavy atom. The first-order chi connectivity index (χ1) is 9.08. The van der Waals surface area contributed by atoms with E-state index in [4.69, 9.17) is 4.74 Å². The third-order valence-electron chi connectivity index (χ3n) is 2.71. The Labute approximate surface area is 110 Å². The minimum absolute atomic E-state index is 0.0135. The quantitative estimate of drug-likeness (QED) is 0.858. The number of halogens is 1. The van der Waals surface area contributed by atoms with Crippen LogP contribution in [0.2, 0.25) is 0 Å². The highest BCUT2D eigenvalue weighted by Crippen LogP contribution is 2.28. The molecular weight excluding hydrogens is 247 g/mol. The van der Waals surface area contributed by atoms with Crippen LogP contribution < -0.4 is 4.74 Å². The molecule has 2 aromatic rings. The molecule has 0 saturated carbocycles. The standard InChI is InChI=1S/C15H13FO3/c1-10(17)11-6-7-15(14(18)8-11)19-9-12-4-2-3-5-13(12)16/h2-8,18H,9H2,1H3. The zero-order valence-electron chi connectivity index (χ0n) is 10.4. The van der Waals surface area contributed by atoms with Crippen LogP contribution in [-0.4, -0.2) is 10.9 Å². The molecule has 1 N–H and O–H groups in total. The predicted octanol–water partition coefficient (Wildman–Crippen LogP) is 3.31. The van der Waals surface area contributed by atoms with Crippen LogP contribution in [0.1, 0.15) is 22.8 Å². The van der Waals surface area contributed by atoms with Gasteiger partial charge in [-0.2, -0.15) is 0 Å².